The molecule has 0 aromatic heterocycles. The first-order valence-electron chi connectivity index (χ1n) is 4.37. The molecule has 1 unspecified atom stereocenters. The van der Waals surface area contributed by atoms with Crippen molar-refractivity contribution in [2.45, 2.75) is 39.5 Å². The quantitative estimate of drug-likeness (QED) is 0.557. The summed E-state index contributed by atoms with van der Waals surface area (Å²) in [5.74, 6) is 0.736. The zero-order valence-corrected chi connectivity index (χ0v) is 7.06. The Balaban J connectivity index is 2.44. The molecule has 1 heteroatoms. The van der Waals surface area contributed by atoms with E-state index in [0.717, 1.165) is 12.5 Å². The molecule has 0 radical (unpaired) electrons. The second kappa shape index (κ2) is 3.75. The number of aliphatic imine (C=N–C) groups is 1. The van der Waals surface area contributed by atoms with Gasteiger partial charge in [0.05, 0.1) is 0 Å². The Morgan fingerprint density at radius 2 is 2.30 bits per heavy atom. The molecule has 0 fully saturated rings. The molecule has 0 aromatic rings. The summed E-state index contributed by atoms with van der Waals surface area (Å²) in [6.07, 6.45) is 5.18. The van der Waals surface area contributed by atoms with Crippen molar-refractivity contribution < 1.29 is 0 Å². The Morgan fingerprint density at radius 3 is 2.80 bits per heavy atom. The van der Waals surface area contributed by atoms with Crippen molar-refractivity contribution in [3.63, 3.8) is 0 Å². The molecule has 0 N–H and O–H groups in total. The number of hydrogen-bond donors (Lipinski definition) is 0. The van der Waals surface area contributed by atoms with Gasteiger partial charge in [-0.2, -0.15) is 0 Å². The lowest BCUT2D eigenvalue weighted by molar-refractivity contribution is 0.657. The summed E-state index contributed by atoms with van der Waals surface area (Å²) in [7, 11) is 0. The van der Waals surface area contributed by atoms with Crippen molar-refractivity contribution in [1.82, 2.24) is 0 Å². The van der Waals surface area contributed by atoms with Gasteiger partial charge in [-0.05, 0) is 31.6 Å². The zero-order valence-electron chi connectivity index (χ0n) is 7.06. The Bertz CT molecular complexity index is 127. The minimum absolute atomic E-state index is 0.736. The predicted octanol–water partition coefficient (Wildman–Crippen LogP) is 2.66. The first-order chi connectivity index (χ1) is 4.84. The van der Waals surface area contributed by atoms with Crippen LogP contribution in [0, 0.1) is 5.92 Å². The first-order valence-corrected chi connectivity index (χ1v) is 4.37. The van der Waals surface area contributed by atoms with E-state index in [1.807, 2.05) is 0 Å². The van der Waals surface area contributed by atoms with Crippen LogP contribution in [0.15, 0.2) is 4.99 Å². The SMILES string of the molecule is CCC(C)C1=NCCCC1. The van der Waals surface area contributed by atoms with Gasteiger partial charge in [0.2, 0.25) is 0 Å². The van der Waals surface area contributed by atoms with Crippen molar-refractivity contribution in [3.05, 3.63) is 0 Å². The molecule has 0 bridgehead atoms. The Labute approximate surface area is 63.5 Å². The van der Waals surface area contributed by atoms with E-state index in [0.29, 0.717) is 0 Å². The van der Waals surface area contributed by atoms with E-state index in [1.54, 1.807) is 0 Å². The Hall–Kier alpha value is -0.330. The van der Waals surface area contributed by atoms with Gasteiger partial charge in [0.25, 0.3) is 0 Å². The zero-order chi connectivity index (χ0) is 7.40. The van der Waals surface area contributed by atoms with Crippen LogP contribution in [0.25, 0.3) is 0 Å². The monoisotopic (exact) mass is 139 g/mol. The second-order valence-electron chi connectivity index (χ2n) is 3.14. The Morgan fingerprint density at radius 1 is 1.50 bits per heavy atom. The Kier molecular flexibility index (Phi) is 2.91. The van der Waals surface area contributed by atoms with Crippen molar-refractivity contribution in [2.24, 2.45) is 10.9 Å². The van der Waals surface area contributed by atoms with Gasteiger partial charge in [-0.1, -0.05) is 13.8 Å². The van der Waals surface area contributed by atoms with E-state index in [1.165, 1.54) is 31.4 Å². The summed E-state index contributed by atoms with van der Waals surface area (Å²) >= 11 is 0. The summed E-state index contributed by atoms with van der Waals surface area (Å²) in [4.78, 5) is 4.52. The van der Waals surface area contributed by atoms with Crippen molar-refractivity contribution in [1.29, 1.82) is 0 Å². The highest BCUT2D eigenvalue weighted by Crippen LogP contribution is 2.14. The van der Waals surface area contributed by atoms with E-state index in [2.05, 4.69) is 18.8 Å². The molecule has 0 aliphatic carbocycles. The average Bonchev–Trinajstić information content (AvgIpc) is 2.05. The predicted molar refractivity (Wildman–Crippen MR) is 45.6 cm³/mol. The molecule has 0 amide bonds. The van der Waals surface area contributed by atoms with Crippen molar-refractivity contribution in [3.8, 4) is 0 Å². The van der Waals surface area contributed by atoms with Crippen LogP contribution in [0.3, 0.4) is 0 Å². The van der Waals surface area contributed by atoms with Crippen LogP contribution in [0.1, 0.15) is 39.5 Å². The molecule has 1 nitrogen and oxygen atoms in total. The first kappa shape index (κ1) is 7.77. The highest BCUT2D eigenvalue weighted by molar-refractivity contribution is 5.86. The summed E-state index contributed by atoms with van der Waals surface area (Å²) in [5, 5.41) is 0. The number of nitrogens with zero attached hydrogens (tertiary/aromatic N) is 1. The van der Waals surface area contributed by atoms with Crippen LogP contribution in [0.4, 0.5) is 0 Å². The van der Waals surface area contributed by atoms with Gasteiger partial charge in [0, 0.05) is 12.3 Å². The summed E-state index contributed by atoms with van der Waals surface area (Å²) in [5.41, 5.74) is 1.47. The molecule has 0 saturated heterocycles. The normalized spacial score (nSPS) is 22.0. The third kappa shape index (κ3) is 1.83. The lowest BCUT2D eigenvalue weighted by Gasteiger charge is -2.16. The van der Waals surface area contributed by atoms with E-state index < -0.39 is 0 Å². The highest BCUT2D eigenvalue weighted by atomic mass is 14.7. The smallest absolute Gasteiger partial charge is 0.0388 e. The third-order valence-electron chi connectivity index (χ3n) is 2.34. The standard InChI is InChI=1S/C9H17N/c1-3-8(2)9-6-4-5-7-10-9/h8H,3-7H2,1-2H3. The molecule has 1 aliphatic rings. The minimum atomic E-state index is 0.736. The van der Waals surface area contributed by atoms with Gasteiger partial charge >= 0.3 is 0 Å². The van der Waals surface area contributed by atoms with Gasteiger partial charge in [-0.15, -0.1) is 0 Å². The molecule has 0 saturated carbocycles. The number of rotatable bonds is 2. The second-order valence-corrected chi connectivity index (χ2v) is 3.14. The lowest BCUT2D eigenvalue weighted by Crippen LogP contribution is -2.14. The van der Waals surface area contributed by atoms with E-state index >= 15 is 0 Å². The van der Waals surface area contributed by atoms with Crippen LogP contribution in [0.2, 0.25) is 0 Å². The minimum Gasteiger partial charge on any atom is -0.294 e. The largest absolute Gasteiger partial charge is 0.294 e. The lowest BCUT2D eigenvalue weighted by atomic mass is 9.96. The van der Waals surface area contributed by atoms with Gasteiger partial charge in [0.15, 0.2) is 0 Å². The maximum Gasteiger partial charge on any atom is 0.0388 e. The van der Waals surface area contributed by atoms with Crippen molar-refractivity contribution >= 4 is 5.71 Å². The van der Waals surface area contributed by atoms with Crippen LogP contribution in [-0.4, -0.2) is 12.3 Å². The maximum atomic E-state index is 4.52. The fourth-order valence-electron chi connectivity index (χ4n) is 1.36. The average molecular weight is 139 g/mol. The highest BCUT2D eigenvalue weighted by Gasteiger charge is 2.10. The van der Waals surface area contributed by atoms with E-state index in [4.69, 9.17) is 0 Å². The fraction of sp³-hybridized carbons (Fsp3) is 0.889. The van der Waals surface area contributed by atoms with Gasteiger partial charge in [-0.25, -0.2) is 0 Å². The van der Waals surface area contributed by atoms with Crippen LogP contribution < -0.4 is 0 Å². The van der Waals surface area contributed by atoms with Crippen LogP contribution >= 0.6 is 0 Å². The van der Waals surface area contributed by atoms with Gasteiger partial charge in [0.1, 0.15) is 0 Å². The van der Waals surface area contributed by atoms with E-state index in [-0.39, 0.29) is 0 Å². The summed E-state index contributed by atoms with van der Waals surface area (Å²) in [6, 6.07) is 0. The number of hydrogen-bond acceptors (Lipinski definition) is 1. The third-order valence-corrected chi connectivity index (χ3v) is 2.34. The molecule has 1 rings (SSSR count). The fourth-order valence-corrected chi connectivity index (χ4v) is 1.36. The summed E-state index contributed by atoms with van der Waals surface area (Å²) < 4.78 is 0. The molecule has 0 aromatic carbocycles. The van der Waals surface area contributed by atoms with Gasteiger partial charge < -0.3 is 0 Å². The van der Waals surface area contributed by atoms with E-state index in [9.17, 15) is 0 Å². The molecular weight excluding hydrogens is 122 g/mol. The molecule has 1 heterocycles. The molecule has 0 spiro atoms. The molecule has 58 valence electrons. The van der Waals surface area contributed by atoms with Crippen LogP contribution in [0.5, 0.6) is 0 Å². The van der Waals surface area contributed by atoms with Gasteiger partial charge in [-0.3, -0.25) is 4.99 Å². The maximum absolute atomic E-state index is 4.52. The van der Waals surface area contributed by atoms with Crippen LogP contribution in [-0.2, 0) is 0 Å². The van der Waals surface area contributed by atoms with Crippen molar-refractivity contribution in [2.75, 3.05) is 6.54 Å². The molecule has 1 atom stereocenters. The molecule has 1 aliphatic heterocycles. The molecular formula is C9H17N. The molecule has 10 heavy (non-hydrogen) atoms. The topological polar surface area (TPSA) is 12.4 Å². The summed E-state index contributed by atoms with van der Waals surface area (Å²) in [6.45, 7) is 5.60.